The van der Waals surface area contributed by atoms with Crippen molar-refractivity contribution in [2.45, 2.75) is 6.04 Å². The first-order valence-corrected chi connectivity index (χ1v) is 3.13. The van der Waals surface area contributed by atoms with E-state index in [1.807, 2.05) is 6.07 Å². The summed E-state index contributed by atoms with van der Waals surface area (Å²) in [6.07, 6.45) is 1.37. The molecule has 0 saturated heterocycles. The predicted molar refractivity (Wildman–Crippen MR) is 37.4 cm³/mol. The summed E-state index contributed by atoms with van der Waals surface area (Å²) in [5, 5.41) is 17.0. The highest BCUT2D eigenvalue weighted by molar-refractivity contribution is 5.24. The maximum absolute atomic E-state index is 8.62. The molecule has 0 aromatic carbocycles. The second-order valence-electron chi connectivity index (χ2n) is 2.15. The van der Waals surface area contributed by atoms with Crippen LogP contribution in [0.25, 0.3) is 0 Å². The van der Waals surface area contributed by atoms with Crippen LogP contribution in [-0.4, -0.2) is 11.7 Å². The molecule has 1 atom stereocenters. The van der Waals surface area contributed by atoms with Crippen LogP contribution in [0.5, 0.6) is 0 Å². The van der Waals surface area contributed by atoms with Crippen molar-refractivity contribution < 1.29 is 9.52 Å². The van der Waals surface area contributed by atoms with Gasteiger partial charge in [-0.1, -0.05) is 0 Å². The van der Waals surface area contributed by atoms with E-state index in [1.54, 1.807) is 0 Å². The molecule has 3 N–H and O–H groups in total. The highest BCUT2D eigenvalue weighted by atomic mass is 16.3. The van der Waals surface area contributed by atoms with E-state index in [1.165, 1.54) is 12.3 Å². The van der Waals surface area contributed by atoms with Gasteiger partial charge in [-0.15, -0.1) is 0 Å². The SMILES string of the molecule is N#Cc1cc(C(N)CO)co1. The summed E-state index contributed by atoms with van der Waals surface area (Å²) in [7, 11) is 0. The van der Waals surface area contributed by atoms with Gasteiger partial charge in [0.05, 0.1) is 18.9 Å². The number of aliphatic hydroxyl groups is 1. The van der Waals surface area contributed by atoms with Crippen LogP contribution in [0.15, 0.2) is 16.7 Å². The van der Waals surface area contributed by atoms with E-state index < -0.39 is 6.04 Å². The molecule has 0 aliphatic rings. The Morgan fingerprint density at radius 2 is 2.55 bits per heavy atom. The molecule has 58 valence electrons. The molecule has 0 amide bonds. The third-order valence-corrected chi connectivity index (χ3v) is 1.35. The number of nitrogens with two attached hydrogens (primary N) is 1. The highest BCUT2D eigenvalue weighted by Crippen LogP contribution is 2.12. The Kier molecular flexibility index (Phi) is 2.26. The fourth-order valence-electron chi connectivity index (χ4n) is 0.709. The van der Waals surface area contributed by atoms with E-state index in [9.17, 15) is 0 Å². The molecular weight excluding hydrogens is 144 g/mol. The lowest BCUT2D eigenvalue weighted by Crippen LogP contribution is -2.13. The number of hydrogen-bond acceptors (Lipinski definition) is 4. The summed E-state index contributed by atoms with van der Waals surface area (Å²) in [6.45, 7) is -0.148. The summed E-state index contributed by atoms with van der Waals surface area (Å²) in [4.78, 5) is 0. The van der Waals surface area contributed by atoms with Gasteiger partial charge in [-0.05, 0) is 6.07 Å². The average Bonchev–Trinajstić information content (AvgIpc) is 2.50. The van der Waals surface area contributed by atoms with Crippen LogP contribution in [0.1, 0.15) is 17.4 Å². The van der Waals surface area contributed by atoms with Crippen LogP contribution in [0, 0.1) is 11.3 Å². The van der Waals surface area contributed by atoms with Gasteiger partial charge in [0.1, 0.15) is 6.07 Å². The van der Waals surface area contributed by atoms with Gasteiger partial charge < -0.3 is 15.3 Å². The topological polar surface area (TPSA) is 83.2 Å². The fourth-order valence-corrected chi connectivity index (χ4v) is 0.709. The number of rotatable bonds is 2. The summed E-state index contributed by atoms with van der Waals surface area (Å²) >= 11 is 0. The minimum absolute atomic E-state index is 0.148. The number of furan rings is 1. The zero-order valence-corrected chi connectivity index (χ0v) is 5.82. The Hall–Kier alpha value is -1.31. The van der Waals surface area contributed by atoms with Crippen LogP contribution >= 0.6 is 0 Å². The molecule has 4 heteroatoms. The zero-order valence-electron chi connectivity index (χ0n) is 5.82. The smallest absolute Gasteiger partial charge is 0.203 e. The molecule has 4 nitrogen and oxygen atoms in total. The van der Waals surface area contributed by atoms with Gasteiger partial charge in [0, 0.05) is 5.56 Å². The molecule has 1 rings (SSSR count). The first kappa shape index (κ1) is 7.79. The van der Waals surface area contributed by atoms with Gasteiger partial charge in [0.25, 0.3) is 0 Å². The average molecular weight is 152 g/mol. The van der Waals surface area contributed by atoms with Gasteiger partial charge in [-0.25, -0.2) is 0 Å². The van der Waals surface area contributed by atoms with Crippen LogP contribution in [0.3, 0.4) is 0 Å². The highest BCUT2D eigenvalue weighted by Gasteiger charge is 2.07. The molecule has 0 fully saturated rings. The molecule has 0 radical (unpaired) electrons. The molecular formula is C7H8N2O2. The molecule has 0 saturated carbocycles. The maximum atomic E-state index is 8.62. The van der Waals surface area contributed by atoms with Crippen LogP contribution in [0.2, 0.25) is 0 Å². The Labute approximate surface area is 63.8 Å². The molecule has 0 aliphatic carbocycles. The third-order valence-electron chi connectivity index (χ3n) is 1.35. The lowest BCUT2D eigenvalue weighted by Gasteiger charge is -2.01. The summed E-state index contributed by atoms with van der Waals surface area (Å²) in [5.74, 6) is 0.212. The van der Waals surface area contributed by atoms with Crippen molar-refractivity contribution in [3.8, 4) is 6.07 Å². The Morgan fingerprint density at radius 1 is 1.82 bits per heavy atom. The summed E-state index contributed by atoms with van der Waals surface area (Å²) in [6, 6.07) is 2.88. The second-order valence-corrected chi connectivity index (χ2v) is 2.15. The minimum Gasteiger partial charge on any atom is -0.454 e. The van der Waals surface area contributed by atoms with Gasteiger partial charge >= 0.3 is 0 Å². The fraction of sp³-hybridized carbons (Fsp3) is 0.286. The maximum Gasteiger partial charge on any atom is 0.203 e. The molecule has 0 bridgehead atoms. The number of nitrogens with zero attached hydrogens (tertiary/aromatic N) is 1. The van der Waals surface area contributed by atoms with Crippen molar-refractivity contribution in [3.05, 3.63) is 23.7 Å². The Morgan fingerprint density at radius 3 is 3.00 bits per heavy atom. The number of hydrogen-bond donors (Lipinski definition) is 2. The van der Waals surface area contributed by atoms with Crippen molar-refractivity contribution in [1.29, 1.82) is 5.26 Å². The van der Waals surface area contributed by atoms with Gasteiger partial charge in [0.15, 0.2) is 0 Å². The molecule has 11 heavy (non-hydrogen) atoms. The van der Waals surface area contributed by atoms with Crippen molar-refractivity contribution in [2.24, 2.45) is 5.73 Å². The van der Waals surface area contributed by atoms with Gasteiger partial charge in [-0.2, -0.15) is 5.26 Å². The van der Waals surface area contributed by atoms with Crippen LogP contribution in [-0.2, 0) is 0 Å². The molecule has 1 unspecified atom stereocenters. The van der Waals surface area contributed by atoms with Gasteiger partial charge in [0.2, 0.25) is 5.76 Å². The summed E-state index contributed by atoms with van der Waals surface area (Å²) < 4.78 is 4.78. The van der Waals surface area contributed by atoms with Crippen molar-refractivity contribution in [1.82, 2.24) is 0 Å². The van der Waals surface area contributed by atoms with E-state index >= 15 is 0 Å². The monoisotopic (exact) mass is 152 g/mol. The van der Waals surface area contributed by atoms with Crippen molar-refractivity contribution in [2.75, 3.05) is 6.61 Å². The minimum atomic E-state index is -0.458. The van der Waals surface area contributed by atoms with Crippen molar-refractivity contribution in [3.63, 3.8) is 0 Å². The number of nitriles is 1. The van der Waals surface area contributed by atoms with Crippen molar-refractivity contribution >= 4 is 0 Å². The van der Waals surface area contributed by atoms with E-state index in [4.69, 9.17) is 20.5 Å². The lowest BCUT2D eigenvalue weighted by atomic mass is 10.2. The molecule has 0 aliphatic heterocycles. The second kappa shape index (κ2) is 3.19. The van der Waals surface area contributed by atoms with E-state index in [-0.39, 0.29) is 12.4 Å². The molecule has 1 aromatic rings. The number of aliphatic hydroxyl groups excluding tert-OH is 1. The van der Waals surface area contributed by atoms with E-state index in [2.05, 4.69) is 0 Å². The van der Waals surface area contributed by atoms with E-state index in [0.717, 1.165) is 0 Å². The van der Waals surface area contributed by atoms with Gasteiger partial charge in [-0.3, -0.25) is 0 Å². The lowest BCUT2D eigenvalue weighted by molar-refractivity contribution is 0.267. The third kappa shape index (κ3) is 1.58. The molecule has 1 heterocycles. The quantitative estimate of drug-likeness (QED) is 0.631. The zero-order chi connectivity index (χ0) is 8.27. The Balaban J connectivity index is 2.82. The first-order chi connectivity index (χ1) is 5.27. The van der Waals surface area contributed by atoms with E-state index in [0.29, 0.717) is 5.56 Å². The first-order valence-electron chi connectivity index (χ1n) is 3.13. The van der Waals surface area contributed by atoms with Crippen LogP contribution < -0.4 is 5.73 Å². The normalized spacial score (nSPS) is 12.5. The largest absolute Gasteiger partial charge is 0.454 e. The summed E-state index contributed by atoms with van der Waals surface area (Å²) in [5.41, 5.74) is 6.09. The molecule has 0 spiro atoms. The standard InChI is InChI=1S/C7H8N2O2/c8-2-6-1-5(4-11-6)7(9)3-10/h1,4,7,10H,3,9H2. The molecule has 1 aromatic heterocycles. The predicted octanol–water partition coefficient (Wildman–Crippen LogP) is 0.143. The van der Waals surface area contributed by atoms with Crippen LogP contribution in [0.4, 0.5) is 0 Å². The Bertz CT molecular complexity index is 274.